The Bertz CT molecular complexity index is 588. The average molecular weight is 253 g/mol. The van der Waals surface area contributed by atoms with E-state index < -0.39 is 28.7 Å². The molecule has 2 rings (SSSR count). The van der Waals surface area contributed by atoms with Gasteiger partial charge in [-0.25, -0.2) is 9.18 Å². The summed E-state index contributed by atoms with van der Waals surface area (Å²) >= 11 is -1.83. The molecule has 2 N–H and O–H groups in total. The van der Waals surface area contributed by atoms with Gasteiger partial charge in [0, 0.05) is 0 Å². The van der Waals surface area contributed by atoms with Crippen LogP contribution < -0.4 is 11.4 Å². The minimum absolute atomic E-state index is 0.376. The average Bonchev–Trinajstić information content (AvgIpc) is 2.34. The van der Waals surface area contributed by atoms with Gasteiger partial charge < -0.3 is 10.3 Å². The van der Waals surface area contributed by atoms with Gasteiger partial charge >= 0.3 is 5.69 Å². The highest BCUT2D eigenvalue weighted by molar-refractivity contribution is 7.89. The van der Waals surface area contributed by atoms with Crippen molar-refractivity contribution < 1.29 is 8.94 Å². The number of benzene rings is 1. The Morgan fingerprint density at radius 2 is 2.00 bits per heavy atom. The molecule has 1 heterocycles. The fraction of sp³-hybridized carbons (Fsp3) is 0. The summed E-state index contributed by atoms with van der Waals surface area (Å²) in [5, 5.41) is 0. The second-order valence-corrected chi connectivity index (χ2v) is 4.51. The van der Waals surface area contributed by atoms with Crippen LogP contribution >= 0.6 is 0 Å². The van der Waals surface area contributed by atoms with Gasteiger partial charge in [-0.15, -0.1) is 3.97 Å². The van der Waals surface area contributed by atoms with Crippen molar-refractivity contribution in [2.75, 3.05) is 5.73 Å². The van der Waals surface area contributed by atoms with Crippen LogP contribution in [0.2, 0.25) is 0 Å². The summed E-state index contributed by atoms with van der Waals surface area (Å²) in [7, 11) is 0. The Kier molecular flexibility index (Phi) is 3.12. The molecule has 0 fully saturated rings. The van der Waals surface area contributed by atoms with Crippen molar-refractivity contribution in [1.82, 2.24) is 8.96 Å². The van der Waals surface area contributed by atoms with Crippen molar-refractivity contribution in [3.63, 3.8) is 0 Å². The molecule has 88 valence electrons. The quantitative estimate of drug-likeness (QED) is 0.791. The maximum Gasteiger partial charge on any atom is 0.391 e. The van der Waals surface area contributed by atoms with E-state index in [2.05, 4.69) is 4.98 Å². The van der Waals surface area contributed by atoms with Crippen LogP contribution in [0.15, 0.2) is 46.2 Å². The highest BCUT2D eigenvalue weighted by Gasteiger charge is 2.18. The van der Waals surface area contributed by atoms with E-state index in [0.29, 0.717) is 8.87 Å². The number of halogens is 1. The van der Waals surface area contributed by atoms with Gasteiger partial charge in [0.25, 0.3) is 0 Å². The van der Waals surface area contributed by atoms with Crippen LogP contribution in [0, 0.1) is 5.82 Å². The number of anilines is 1. The maximum absolute atomic E-state index is 13.2. The normalized spacial score (nSPS) is 12.4. The van der Waals surface area contributed by atoms with Gasteiger partial charge in [0.2, 0.25) is 0 Å². The van der Waals surface area contributed by atoms with Crippen LogP contribution in [0.3, 0.4) is 0 Å². The van der Waals surface area contributed by atoms with Gasteiger partial charge in [0.15, 0.2) is 16.5 Å². The first-order chi connectivity index (χ1) is 8.09. The molecule has 1 aromatic carbocycles. The molecule has 0 amide bonds. The topological polar surface area (TPSA) is 84.0 Å². The number of nitrogen functional groups attached to an aromatic ring is 1. The standard InChI is InChI=1S/C10H8FN3O2S/c11-8-6-14(10(15)13-9(8)12)17(16)7-4-2-1-3-5-7/h1-6H,(H2,12,13,15). The predicted octanol–water partition coefficient (Wildman–Crippen LogP) is 0.535. The monoisotopic (exact) mass is 253 g/mol. The Labute approximate surface area is 99.0 Å². The van der Waals surface area contributed by atoms with Crippen molar-refractivity contribution >= 4 is 17.2 Å². The molecule has 0 saturated carbocycles. The summed E-state index contributed by atoms with van der Waals surface area (Å²) in [5.41, 5.74) is 4.27. The molecule has 5 nitrogen and oxygen atoms in total. The third-order valence-electron chi connectivity index (χ3n) is 2.00. The first-order valence-corrected chi connectivity index (χ1v) is 5.72. The van der Waals surface area contributed by atoms with Gasteiger partial charge in [-0.3, -0.25) is 0 Å². The third kappa shape index (κ3) is 2.29. The van der Waals surface area contributed by atoms with Gasteiger partial charge in [0.05, 0.1) is 0 Å². The molecular formula is C10H8FN3O2S. The summed E-state index contributed by atoms with van der Waals surface area (Å²) < 4.78 is 25.8. The maximum atomic E-state index is 13.2. The molecule has 1 atom stereocenters. The molecule has 0 aliphatic heterocycles. The lowest BCUT2D eigenvalue weighted by Gasteiger charge is -2.10. The Morgan fingerprint density at radius 1 is 1.35 bits per heavy atom. The highest BCUT2D eigenvalue weighted by Crippen LogP contribution is 2.12. The molecular weight excluding hydrogens is 245 g/mol. The van der Waals surface area contributed by atoms with Crippen LogP contribution in [0.25, 0.3) is 0 Å². The van der Waals surface area contributed by atoms with Gasteiger partial charge in [-0.1, -0.05) is 18.2 Å². The number of nitrogens with zero attached hydrogens (tertiary/aromatic N) is 2. The van der Waals surface area contributed by atoms with E-state index in [9.17, 15) is 13.7 Å². The van der Waals surface area contributed by atoms with E-state index in [1.54, 1.807) is 30.3 Å². The summed E-state index contributed by atoms with van der Waals surface area (Å²) in [6, 6.07) is 8.21. The summed E-state index contributed by atoms with van der Waals surface area (Å²) in [6.07, 6.45) is 0.785. The fourth-order valence-electron chi connectivity index (χ4n) is 1.20. The van der Waals surface area contributed by atoms with Gasteiger partial charge in [-0.05, 0) is 12.1 Å². The van der Waals surface area contributed by atoms with Crippen LogP contribution in [-0.2, 0) is 11.4 Å². The van der Waals surface area contributed by atoms with Crippen molar-refractivity contribution in [2.24, 2.45) is 0 Å². The number of rotatable bonds is 2. The molecule has 0 aliphatic carbocycles. The lowest BCUT2D eigenvalue weighted by atomic mass is 10.4. The molecule has 0 spiro atoms. The molecule has 0 saturated heterocycles. The van der Waals surface area contributed by atoms with E-state index in [4.69, 9.17) is 5.73 Å². The summed E-state index contributed by atoms with van der Waals surface area (Å²) in [4.78, 5) is 15.0. The second-order valence-electron chi connectivity index (χ2n) is 3.14. The fourth-order valence-corrected chi connectivity index (χ4v) is 2.19. The smallest absolute Gasteiger partial charge is 0.391 e. The number of hydrogen-bond donors (Lipinski definition) is 1. The number of hydrogen-bond acceptors (Lipinski definition) is 4. The van der Waals surface area contributed by atoms with Crippen molar-refractivity contribution in [3.05, 3.63) is 52.8 Å². The molecule has 17 heavy (non-hydrogen) atoms. The number of aromatic nitrogens is 2. The van der Waals surface area contributed by atoms with Crippen LogP contribution in [0.4, 0.5) is 10.2 Å². The van der Waals surface area contributed by atoms with E-state index in [0.717, 1.165) is 6.20 Å². The highest BCUT2D eigenvalue weighted by atomic mass is 32.2. The molecule has 2 aromatic rings. The molecule has 0 radical (unpaired) electrons. The molecule has 0 aliphatic rings. The van der Waals surface area contributed by atoms with E-state index >= 15 is 0 Å². The first-order valence-electron chi connectivity index (χ1n) is 4.61. The Morgan fingerprint density at radius 3 is 2.65 bits per heavy atom. The van der Waals surface area contributed by atoms with Gasteiger partial charge in [-0.2, -0.15) is 4.98 Å². The third-order valence-corrected chi connectivity index (χ3v) is 3.30. The van der Waals surface area contributed by atoms with Crippen LogP contribution in [0.1, 0.15) is 0 Å². The lowest BCUT2D eigenvalue weighted by molar-refractivity contribution is 0.572. The van der Waals surface area contributed by atoms with Gasteiger partial charge in [0.1, 0.15) is 17.6 Å². The van der Waals surface area contributed by atoms with E-state index in [1.807, 2.05) is 0 Å². The Hall–Kier alpha value is -1.86. The van der Waals surface area contributed by atoms with Crippen molar-refractivity contribution in [3.8, 4) is 0 Å². The van der Waals surface area contributed by atoms with Crippen LogP contribution in [0.5, 0.6) is 0 Å². The first kappa shape index (κ1) is 11.6. The molecule has 1 aromatic heterocycles. The van der Waals surface area contributed by atoms with E-state index in [1.165, 1.54) is 0 Å². The second kappa shape index (κ2) is 4.56. The van der Waals surface area contributed by atoms with Crippen LogP contribution in [-0.4, -0.2) is 13.5 Å². The largest absolute Gasteiger partial charge is 0.587 e. The predicted molar refractivity (Wildman–Crippen MR) is 61.1 cm³/mol. The van der Waals surface area contributed by atoms with E-state index in [-0.39, 0.29) is 0 Å². The van der Waals surface area contributed by atoms with Crippen molar-refractivity contribution in [1.29, 1.82) is 0 Å². The molecule has 7 heteroatoms. The summed E-state index contributed by atoms with van der Waals surface area (Å²) in [6.45, 7) is 0. The van der Waals surface area contributed by atoms with Crippen molar-refractivity contribution in [2.45, 2.75) is 4.90 Å². The number of nitrogens with two attached hydrogens (primary N) is 1. The molecule has 0 bridgehead atoms. The lowest BCUT2D eigenvalue weighted by Crippen LogP contribution is -2.30. The zero-order valence-electron chi connectivity index (χ0n) is 8.54. The zero-order valence-corrected chi connectivity index (χ0v) is 9.36. The SMILES string of the molecule is Nc1nc(=O)n([S+]([O-])c2ccccc2)cc1F. The Balaban J connectivity index is 2.48. The molecule has 1 unspecified atom stereocenters. The summed E-state index contributed by atoms with van der Waals surface area (Å²) in [5.74, 6) is -1.38. The minimum Gasteiger partial charge on any atom is -0.587 e. The zero-order chi connectivity index (χ0) is 12.4. The minimum atomic E-state index is -1.83.